The minimum atomic E-state index is -0.0811. The van der Waals surface area contributed by atoms with Gasteiger partial charge in [-0.25, -0.2) is 0 Å². The first-order chi connectivity index (χ1) is 11.6. The summed E-state index contributed by atoms with van der Waals surface area (Å²) in [5, 5.41) is 11.4. The highest BCUT2D eigenvalue weighted by Gasteiger charge is 2.35. The molecule has 2 heterocycles. The van der Waals surface area contributed by atoms with Gasteiger partial charge >= 0.3 is 0 Å². The highest BCUT2D eigenvalue weighted by Crippen LogP contribution is 2.29. The molecule has 128 valence electrons. The number of carbonyl (C=O) groups is 1. The van der Waals surface area contributed by atoms with Crippen LogP contribution < -0.4 is 10.6 Å². The lowest BCUT2D eigenvalue weighted by molar-refractivity contribution is -0.125. The molecule has 1 aromatic heterocycles. The molecule has 2 aromatic rings. The number of halogens is 1. The molecule has 1 unspecified atom stereocenters. The zero-order chi connectivity index (χ0) is 17.1. The predicted octanol–water partition coefficient (Wildman–Crippen LogP) is 2.64. The van der Waals surface area contributed by atoms with E-state index >= 15 is 0 Å². The summed E-state index contributed by atoms with van der Waals surface area (Å²) >= 11 is 6.08. The smallest absolute Gasteiger partial charge is 0.225 e. The second-order valence-electron chi connectivity index (χ2n) is 6.34. The first-order valence-electron chi connectivity index (χ1n) is 8.33. The van der Waals surface area contributed by atoms with Crippen LogP contribution in [-0.4, -0.2) is 28.8 Å². The number of carbonyl (C=O) groups excluding carboxylic acids is 1. The van der Waals surface area contributed by atoms with Crippen LogP contribution >= 0.6 is 11.6 Å². The third kappa shape index (κ3) is 3.62. The number of hydrogen-bond donors (Lipinski definition) is 2. The molecular formula is C18H23ClN4O. The summed E-state index contributed by atoms with van der Waals surface area (Å²) in [6, 6.07) is 7.67. The van der Waals surface area contributed by atoms with Gasteiger partial charge in [0.2, 0.25) is 5.91 Å². The van der Waals surface area contributed by atoms with Crippen LogP contribution in [0.3, 0.4) is 0 Å². The van der Waals surface area contributed by atoms with Gasteiger partial charge in [-0.15, -0.1) is 0 Å². The first kappa shape index (κ1) is 17.0. The Morgan fingerprint density at radius 1 is 1.50 bits per heavy atom. The summed E-state index contributed by atoms with van der Waals surface area (Å²) in [6.07, 6.45) is 4.67. The van der Waals surface area contributed by atoms with Gasteiger partial charge in [0.25, 0.3) is 0 Å². The Morgan fingerprint density at radius 2 is 2.33 bits per heavy atom. The molecule has 3 atom stereocenters. The Hall–Kier alpha value is -1.85. The number of nitrogens with zero attached hydrogens (tertiary/aromatic N) is 2. The molecule has 0 aliphatic carbocycles. The van der Waals surface area contributed by atoms with Gasteiger partial charge in [-0.1, -0.05) is 30.7 Å². The molecule has 3 rings (SSSR count). The summed E-state index contributed by atoms with van der Waals surface area (Å²) in [5.74, 6) is 0.165. The van der Waals surface area contributed by atoms with Gasteiger partial charge < -0.3 is 10.6 Å². The SMILES string of the molecule is CCC(NC(=O)[C@H]1CNC[C@@H]1c1cnn(C)c1)c1cccc(Cl)c1. The molecule has 1 aliphatic heterocycles. The predicted molar refractivity (Wildman–Crippen MR) is 94.9 cm³/mol. The average molecular weight is 347 g/mol. The van der Waals surface area contributed by atoms with Gasteiger partial charge in [0.1, 0.15) is 0 Å². The fourth-order valence-electron chi connectivity index (χ4n) is 3.36. The van der Waals surface area contributed by atoms with Gasteiger partial charge in [-0.05, 0) is 29.7 Å². The van der Waals surface area contributed by atoms with Crippen molar-refractivity contribution in [2.24, 2.45) is 13.0 Å². The van der Waals surface area contributed by atoms with E-state index in [2.05, 4.69) is 22.7 Å². The lowest BCUT2D eigenvalue weighted by Gasteiger charge is -2.22. The first-order valence-corrected chi connectivity index (χ1v) is 8.71. The molecule has 0 saturated carbocycles. The summed E-state index contributed by atoms with van der Waals surface area (Å²) in [7, 11) is 1.90. The van der Waals surface area contributed by atoms with Crippen molar-refractivity contribution in [3.63, 3.8) is 0 Å². The topological polar surface area (TPSA) is 59.0 Å². The van der Waals surface area contributed by atoms with E-state index in [1.54, 1.807) is 4.68 Å². The molecule has 1 amide bonds. The number of aryl methyl sites for hydroxylation is 1. The van der Waals surface area contributed by atoms with Crippen molar-refractivity contribution in [1.29, 1.82) is 0 Å². The maximum absolute atomic E-state index is 12.9. The zero-order valence-electron chi connectivity index (χ0n) is 14.0. The van der Waals surface area contributed by atoms with Crippen molar-refractivity contribution >= 4 is 17.5 Å². The van der Waals surface area contributed by atoms with E-state index in [0.717, 1.165) is 24.1 Å². The Balaban J connectivity index is 1.73. The third-order valence-corrected chi connectivity index (χ3v) is 4.91. The molecule has 5 nitrogen and oxygen atoms in total. The van der Waals surface area contributed by atoms with Crippen molar-refractivity contribution < 1.29 is 4.79 Å². The second kappa shape index (κ2) is 7.36. The van der Waals surface area contributed by atoms with Crippen LogP contribution in [0.2, 0.25) is 5.02 Å². The fraction of sp³-hybridized carbons (Fsp3) is 0.444. The van der Waals surface area contributed by atoms with Gasteiger partial charge in [0.15, 0.2) is 0 Å². The van der Waals surface area contributed by atoms with E-state index in [0.29, 0.717) is 11.6 Å². The van der Waals surface area contributed by atoms with Crippen LogP contribution in [0, 0.1) is 5.92 Å². The minimum Gasteiger partial charge on any atom is -0.349 e. The molecule has 6 heteroatoms. The zero-order valence-corrected chi connectivity index (χ0v) is 14.8. The number of amides is 1. The standard InChI is InChI=1S/C18H23ClN4O/c1-3-17(12-5-4-6-14(19)7-12)22-18(24)16-10-20-9-15(16)13-8-21-23(2)11-13/h4-8,11,15-17,20H,3,9-10H2,1-2H3,(H,22,24)/t15-,16+,17?/m1/s1. The van der Waals surface area contributed by atoms with Gasteiger partial charge in [0, 0.05) is 37.3 Å². The summed E-state index contributed by atoms with van der Waals surface area (Å²) in [4.78, 5) is 12.9. The molecule has 1 saturated heterocycles. The van der Waals surface area contributed by atoms with Crippen LogP contribution in [0.25, 0.3) is 0 Å². The Labute approximate surface area is 147 Å². The highest BCUT2D eigenvalue weighted by atomic mass is 35.5. The fourth-order valence-corrected chi connectivity index (χ4v) is 3.56. The Kier molecular flexibility index (Phi) is 5.21. The molecule has 0 bridgehead atoms. The van der Waals surface area contributed by atoms with Crippen molar-refractivity contribution in [3.05, 3.63) is 52.8 Å². The minimum absolute atomic E-state index is 0.0219. The van der Waals surface area contributed by atoms with Gasteiger partial charge in [0.05, 0.1) is 18.2 Å². The van der Waals surface area contributed by atoms with Crippen LogP contribution in [0.4, 0.5) is 0 Å². The number of rotatable bonds is 5. The molecule has 1 aromatic carbocycles. The van der Waals surface area contributed by atoms with Crippen LogP contribution in [0.15, 0.2) is 36.7 Å². The Bertz CT molecular complexity index is 715. The van der Waals surface area contributed by atoms with E-state index in [1.807, 2.05) is 43.7 Å². The maximum Gasteiger partial charge on any atom is 0.225 e. The average Bonchev–Trinajstić information content (AvgIpc) is 3.20. The number of nitrogens with one attached hydrogen (secondary N) is 2. The summed E-state index contributed by atoms with van der Waals surface area (Å²) < 4.78 is 1.78. The Morgan fingerprint density at radius 3 is 3.00 bits per heavy atom. The van der Waals surface area contributed by atoms with E-state index in [1.165, 1.54) is 0 Å². The molecule has 0 spiro atoms. The normalized spacial score (nSPS) is 21.6. The lowest BCUT2D eigenvalue weighted by Crippen LogP contribution is -2.36. The van der Waals surface area contributed by atoms with E-state index in [4.69, 9.17) is 11.6 Å². The largest absolute Gasteiger partial charge is 0.349 e. The summed E-state index contributed by atoms with van der Waals surface area (Å²) in [6.45, 7) is 3.56. The van der Waals surface area contributed by atoms with Crippen LogP contribution in [0.5, 0.6) is 0 Å². The van der Waals surface area contributed by atoms with Crippen LogP contribution in [-0.2, 0) is 11.8 Å². The van der Waals surface area contributed by atoms with Crippen molar-refractivity contribution in [2.75, 3.05) is 13.1 Å². The molecule has 24 heavy (non-hydrogen) atoms. The molecular weight excluding hydrogens is 324 g/mol. The number of aromatic nitrogens is 2. The van der Waals surface area contributed by atoms with Crippen molar-refractivity contribution in [2.45, 2.75) is 25.3 Å². The molecule has 0 radical (unpaired) electrons. The molecule has 2 N–H and O–H groups in total. The van der Waals surface area contributed by atoms with E-state index in [9.17, 15) is 4.79 Å². The second-order valence-corrected chi connectivity index (χ2v) is 6.78. The maximum atomic E-state index is 12.9. The third-order valence-electron chi connectivity index (χ3n) is 4.68. The van der Waals surface area contributed by atoms with Crippen molar-refractivity contribution in [3.8, 4) is 0 Å². The molecule has 1 fully saturated rings. The van der Waals surface area contributed by atoms with Crippen molar-refractivity contribution in [1.82, 2.24) is 20.4 Å². The van der Waals surface area contributed by atoms with E-state index in [-0.39, 0.29) is 23.8 Å². The number of benzene rings is 1. The highest BCUT2D eigenvalue weighted by molar-refractivity contribution is 6.30. The number of hydrogen-bond acceptors (Lipinski definition) is 3. The molecule has 1 aliphatic rings. The quantitative estimate of drug-likeness (QED) is 0.875. The van der Waals surface area contributed by atoms with Crippen LogP contribution in [0.1, 0.15) is 36.4 Å². The van der Waals surface area contributed by atoms with Gasteiger partial charge in [-0.2, -0.15) is 5.10 Å². The lowest BCUT2D eigenvalue weighted by atomic mass is 9.89. The van der Waals surface area contributed by atoms with E-state index < -0.39 is 0 Å². The monoisotopic (exact) mass is 346 g/mol. The van der Waals surface area contributed by atoms with Gasteiger partial charge in [-0.3, -0.25) is 9.48 Å². The summed E-state index contributed by atoms with van der Waals surface area (Å²) in [5.41, 5.74) is 2.15.